The van der Waals surface area contributed by atoms with E-state index in [4.69, 9.17) is 5.73 Å². The topological polar surface area (TPSA) is 131 Å². The molecule has 0 saturated heterocycles. The molecule has 36 heavy (non-hydrogen) atoms. The summed E-state index contributed by atoms with van der Waals surface area (Å²) in [6, 6.07) is 14.8. The van der Waals surface area contributed by atoms with E-state index in [0.29, 0.717) is 12.8 Å². The number of nitrogens with one attached hydrogen (secondary N) is 5. The van der Waals surface area contributed by atoms with Crippen LogP contribution in [0, 0.1) is 50.0 Å². The number of amides is 2. The predicted octanol–water partition coefficient (Wildman–Crippen LogP) is 3.66. The number of Topliss-reactive ketones (excluding diaryl/α,β-unsaturated/α-hetero) is 1. The van der Waals surface area contributed by atoms with E-state index in [1.807, 2.05) is 49.4 Å². The van der Waals surface area contributed by atoms with Gasteiger partial charge in [0, 0.05) is 72.3 Å². The van der Waals surface area contributed by atoms with Gasteiger partial charge in [0.25, 0.3) is 0 Å². The van der Waals surface area contributed by atoms with Crippen molar-refractivity contribution in [3.8, 4) is 11.4 Å². The molecular formula is C27H28AcN5O3-. The summed E-state index contributed by atoms with van der Waals surface area (Å²) in [5.74, 6) is -0.970. The maximum absolute atomic E-state index is 12.7. The van der Waals surface area contributed by atoms with Crippen molar-refractivity contribution in [2.24, 2.45) is 5.92 Å². The number of rotatable bonds is 0. The standard InChI is InChI=1S/C27H28N5O3.Ac/c1-15-10-16(33)13-29-24(34)14-30-27(35)21(28)12-20-18-7-3-5-9-23(18)32-26(20)25-19(11-15)17-6-2-4-8-22(17)31-25;/h2-9,15,21,28,31-32H,10-14H2,1H3,(H,29,34)(H,30,35);/q-1;/t15-,21-;/m0./s1. The molecule has 2 aromatic carbocycles. The zero-order valence-electron chi connectivity index (χ0n) is 20.1. The van der Waals surface area contributed by atoms with Crippen LogP contribution in [0.1, 0.15) is 24.5 Å². The van der Waals surface area contributed by atoms with Crippen LogP contribution in [-0.2, 0) is 27.2 Å². The molecule has 9 heteroatoms. The number of carbonyl (C=O) groups excluding carboxylic acids is 3. The van der Waals surface area contributed by atoms with Gasteiger partial charge >= 0.3 is 0 Å². The molecule has 0 fully saturated rings. The first-order valence-corrected chi connectivity index (χ1v) is 11.9. The average molecular weight is 698 g/mol. The number of fused-ring (bicyclic) bond motifs is 7. The molecule has 1 aliphatic heterocycles. The Labute approximate surface area is 244 Å². The zero-order chi connectivity index (χ0) is 24.5. The number of hydrogen-bond acceptors (Lipinski definition) is 3. The molecule has 0 saturated carbocycles. The van der Waals surface area contributed by atoms with Gasteiger partial charge in [-0.1, -0.05) is 49.4 Å². The summed E-state index contributed by atoms with van der Waals surface area (Å²) in [5, 5.41) is 7.15. The van der Waals surface area contributed by atoms with Gasteiger partial charge in [0.15, 0.2) is 5.78 Å². The molecule has 2 atom stereocenters. The van der Waals surface area contributed by atoms with E-state index < -0.39 is 17.9 Å². The Morgan fingerprint density at radius 2 is 1.31 bits per heavy atom. The maximum Gasteiger partial charge on any atom is 0.239 e. The molecule has 5 N–H and O–H groups in total. The smallest absolute Gasteiger partial charge is 0.239 e. The molecule has 2 aromatic heterocycles. The van der Waals surface area contributed by atoms with Crippen molar-refractivity contribution in [3.63, 3.8) is 0 Å². The van der Waals surface area contributed by atoms with Crippen molar-refractivity contribution in [3.05, 3.63) is 65.4 Å². The van der Waals surface area contributed by atoms with E-state index in [9.17, 15) is 14.4 Å². The fourth-order valence-corrected chi connectivity index (χ4v) is 4.98. The van der Waals surface area contributed by atoms with E-state index >= 15 is 0 Å². The first kappa shape index (κ1) is 26.6. The summed E-state index contributed by atoms with van der Waals surface area (Å²) in [4.78, 5) is 44.4. The van der Waals surface area contributed by atoms with Crippen LogP contribution < -0.4 is 10.6 Å². The second-order valence-electron chi connectivity index (χ2n) is 9.35. The van der Waals surface area contributed by atoms with E-state index in [2.05, 4.69) is 26.7 Å². The minimum absolute atomic E-state index is 0. The number of para-hydroxylation sites is 2. The van der Waals surface area contributed by atoms with Gasteiger partial charge in [-0.3, -0.25) is 14.4 Å². The molecule has 0 aliphatic carbocycles. The zero-order valence-corrected chi connectivity index (χ0v) is 24.9. The van der Waals surface area contributed by atoms with Gasteiger partial charge in [-0.2, -0.15) is 0 Å². The molecule has 0 unspecified atom stereocenters. The van der Waals surface area contributed by atoms with Crippen LogP contribution in [0.2, 0.25) is 0 Å². The van der Waals surface area contributed by atoms with Gasteiger partial charge in [0.1, 0.15) is 0 Å². The molecule has 1 aliphatic rings. The van der Waals surface area contributed by atoms with E-state index in [-0.39, 0.29) is 75.3 Å². The average Bonchev–Trinajstić information content (AvgIpc) is 3.39. The number of carbonyl (C=O) groups is 3. The first-order valence-electron chi connectivity index (χ1n) is 11.9. The van der Waals surface area contributed by atoms with E-state index in [1.54, 1.807) is 0 Å². The number of hydrogen-bond donors (Lipinski definition) is 4. The molecule has 2 amide bonds. The van der Waals surface area contributed by atoms with Crippen molar-refractivity contribution in [1.82, 2.24) is 20.6 Å². The molecule has 5 rings (SSSR count). The molecule has 8 nitrogen and oxygen atoms in total. The molecule has 183 valence electrons. The Hall–Kier alpha value is -2.47. The quantitative estimate of drug-likeness (QED) is 0.224. The van der Waals surface area contributed by atoms with Crippen LogP contribution in [0.5, 0.6) is 0 Å². The van der Waals surface area contributed by atoms with Crippen LogP contribution >= 0.6 is 0 Å². The van der Waals surface area contributed by atoms with Gasteiger partial charge in [0.05, 0.1) is 24.5 Å². The summed E-state index contributed by atoms with van der Waals surface area (Å²) < 4.78 is 0. The minimum atomic E-state index is -1.10. The second kappa shape index (κ2) is 11.3. The predicted molar refractivity (Wildman–Crippen MR) is 136 cm³/mol. The van der Waals surface area contributed by atoms with Crippen LogP contribution in [0.15, 0.2) is 48.5 Å². The van der Waals surface area contributed by atoms with Crippen molar-refractivity contribution < 1.29 is 58.4 Å². The van der Waals surface area contributed by atoms with Crippen molar-refractivity contribution in [2.75, 3.05) is 13.1 Å². The number of aromatic nitrogens is 2. The van der Waals surface area contributed by atoms with Crippen LogP contribution in [0.4, 0.5) is 0 Å². The third-order valence-electron chi connectivity index (χ3n) is 6.64. The molecule has 0 bridgehead atoms. The Balaban J connectivity index is 0.00000304. The summed E-state index contributed by atoms with van der Waals surface area (Å²) >= 11 is 0. The van der Waals surface area contributed by atoms with Crippen LogP contribution in [0.25, 0.3) is 38.9 Å². The number of aromatic amines is 2. The van der Waals surface area contributed by atoms with E-state index in [0.717, 1.165) is 44.3 Å². The largest absolute Gasteiger partial charge is 0.667 e. The summed E-state index contributed by atoms with van der Waals surface area (Å²) in [7, 11) is 0. The maximum atomic E-state index is 12.7. The third kappa shape index (κ3) is 5.44. The van der Waals surface area contributed by atoms with E-state index in [1.165, 1.54) is 0 Å². The molecule has 1 radical (unpaired) electrons. The van der Waals surface area contributed by atoms with Gasteiger partial charge in [-0.05, 0) is 42.0 Å². The molecule has 0 spiro atoms. The number of H-pyrrole nitrogens is 2. The SMILES string of the molecule is C[C@H]1CC(=O)CNC(=O)CNC(=O)[C@@H]([NH-])Cc2c([nH]c3ccccc23)-c2[nH]c3ccccc3c2C1.[Ac]. The Morgan fingerprint density at radius 3 is 1.92 bits per heavy atom. The van der Waals surface area contributed by atoms with Crippen molar-refractivity contribution in [2.45, 2.75) is 32.2 Å². The van der Waals surface area contributed by atoms with Gasteiger partial charge in [0.2, 0.25) is 11.8 Å². The summed E-state index contributed by atoms with van der Waals surface area (Å²) in [6.45, 7) is 1.71. The molecule has 3 heterocycles. The first-order chi connectivity index (χ1) is 16.9. The summed E-state index contributed by atoms with van der Waals surface area (Å²) in [5.41, 5.74) is 14.2. The Bertz CT molecular complexity index is 1440. The normalized spacial score (nSPS) is 19.8. The summed E-state index contributed by atoms with van der Waals surface area (Å²) in [6.07, 6.45) is 1.19. The van der Waals surface area contributed by atoms with Crippen LogP contribution in [-0.4, -0.2) is 46.7 Å². The van der Waals surface area contributed by atoms with Gasteiger partial charge < -0.3 is 26.3 Å². The van der Waals surface area contributed by atoms with Crippen molar-refractivity contribution >= 4 is 39.4 Å². The minimum Gasteiger partial charge on any atom is -0.667 e. The molecular weight excluding hydrogens is 669 g/mol. The second-order valence-corrected chi connectivity index (χ2v) is 9.35. The Kier molecular flexibility index (Phi) is 8.34. The van der Waals surface area contributed by atoms with Gasteiger partial charge in [-0.15, -0.1) is 0 Å². The fraction of sp³-hybridized carbons (Fsp3) is 0.296. The molecule has 4 aromatic rings. The number of benzene rings is 2. The van der Waals surface area contributed by atoms with Crippen LogP contribution in [0.3, 0.4) is 0 Å². The number of ketones is 1. The van der Waals surface area contributed by atoms with Gasteiger partial charge in [-0.25, -0.2) is 0 Å². The van der Waals surface area contributed by atoms with Crippen molar-refractivity contribution in [1.29, 1.82) is 0 Å². The third-order valence-corrected chi connectivity index (χ3v) is 6.64. The fourth-order valence-electron chi connectivity index (χ4n) is 4.98. The monoisotopic (exact) mass is 697 g/mol. The Morgan fingerprint density at radius 1 is 0.750 bits per heavy atom.